The molecule has 70 valence electrons. The SMILES string of the molecule is CC#CCn1cc(CNC)c(C)n1. The molecule has 1 aromatic heterocycles. The Morgan fingerprint density at radius 2 is 2.38 bits per heavy atom. The highest BCUT2D eigenvalue weighted by Gasteiger charge is 2.01. The van der Waals surface area contributed by atoms with Crippen LogP contribution in [0.1, 0.15) is 18.2 Å². The molecule has 0 aliphatic rings. The van der Waals surface area contributed by atoms with E-state index in [2.05, 4.69) is 22.3 Å². The van der Waals surface area contributed by atoms with E-state index in [0.29, 0.717) is 6.54 Å². The molecule has 13 heavy (non-hydrogen) atoms. The fourth-order valence-electron chi connectivity index (χ4n) is 1.16. The van der Waals surface area contributed by atoms with E-state index in [1.54, 1.807) is 0 Å². The first-order valence-corrected chi connectivity index (χ1v) is 4.35. The van der Waals surface area contributed by atoms with Crippen LogP contribution in [0.2, 0.25) is 0 Å². The van der Waals surface area contributed by atoms with Gasteiger partial charge in [-0.15, -0.1) is 5.92 Å². The van der Waals surface area contributed by atoms with Crippen LogP contribution < -0.4 is 5.32 Å². The molecule has 0 amide bonds. The minimum Gasteiger partial charge on any atom is -0.316 e. The van der Waals surface area contributed by atoms with Crippen LogP contribution in [0.5, 0.6) is 0 Å². The summed E-state index contributed by atoms with van der Waals surface area (Å²) in [7, 11) is 1.93. The Labute approximate surface area is 79.1 Å². The molecule has 3 nitrogen and oxygen atoms in total. The van der Waals surface area contributed by atoms with Crippen LogP contribution in [0.4, 0.5) is 0 Å². The van der Waals surface area contributed by atoms with Crippen LogP contribution in [0, 0.1) is 18.8 Å². The van der Waals surface area contributed by atoms with Crippen LogP contribution >= 0.6 is 0 Å². The van der Waals surface area contributed by atoms with E-state index in [1.165, 1.54) is 5.56 Å². The molecule has 0 radical (unpaired) electrons. The van der Waals surface area contributed by atoms with Crippen LogP contribution in [0.25, 0.3) is 0 Å². The average molecular weight is 177 g/mol. The number of nitrogens with one attached hydrogen (secondary N) is 1. The molecule has 1 heterocycles. The van der Waals surface area contributed by atoms with Gasteiger partial charge in [0.25, 0.3) is 0 Å². The zero-order valence-electron chi connectivity index (χ0n) is 8.39. The number of nitrogens with zero attached hydrogens (tertiary/aromatic N) is 2. The van der Waals surface area contributed by atoms with E-state index >= 15 is 0 Å². The smallest absolute Gasteiger partial charge is 0.102 e. The van der Waals surface area contributed by atoms with Crippen molar-refractivity contribution in [1.82, 2.24) is 15.1 Å². The monoisotopic (exact) mass is 177 g/mol. The second-order valence-corrected chi connectivity index (χ2v) is 2.89. The lowest BCUT2D eigenvalue weighted by atomic mass is 10.3. The van der Waals surface area contributed by atoms with Crippen molar-refractivity contribution in [2.45, 2.75) is 26.9 Å². The summed E-state index contributed by atoms with van der Waals surface area (Å²) in [6.45, 7) is 5.40. The molecule has 0 atom stereocenters. The van der Waals surface area contributed by atoms with Gasteiger partial charge in [-0.1, -0.05) is 5.92 Å². The maximum atomic E-state index is 4.34. The van der Waals surface area contributed by atoms with E-state index in [-0.39, 0.29) is 0 Å². The Balaban J connectivity index is 2.74. The average Bonchev–Trinajstić information content (AvgIpc) is 2.45. The molecule has 3 heteroatoms. The van der Waals surface area contributed by atoms with Gasteiger partial charge in [0.05, 0.1) is 5.69 Å². The molecule has 0 aromatic carbocycles. The fourth-order valence-corrected chi connectivity index (χ4v) is 1.16. The highest BCUT2D eigenvalue weighted by atomic mass is 15.3. The largest absolute Gasteiger partial charge is 0.316 e. The van der Waals surface area contributed by atoms with Gasteiger partial charge in [-0.05, 0) is 20.9 Å². The first-order chi connectivity index (χ1) is 6.27. The molecular weight excluding hydrogens is 162 g/mol. The van der Waals surface area contributed by atoms with Crippen LogP contribution in [0.15, 0.2) is 6.20 Å². The molecule has 0 spiro atoms. The van der Waals surface area contributed by atoms with Gasteiger partial charge >= 0.3 is 0 Å². The number of rotatable bonds is 3. The van der Waals surface area contributed by atoms with Gasteiger partial charge in [0.2, 0.25) is 0 Å². The minimum absolute atomic E-state index is 0.682. The predicted molar refractivity (Wildman–Crippen MR) is 53.2 cm³/mol. The molecule has 0 unspecified atom stereocenters. The molecule has 0 fully saturated rings. The first-order valence-electron chi connectivity index (χ1n) is 4.35. The van der Waals surface area contributed by atoms with E-state index in [0.717, 1.165) is 12.2 Å². The van der Waals surface area contributed by atoms with E-state index in [4.69, 9.17) is 0 Å². The fraction of sp³-hybridized carbons (Fsp3) is 0.500. The lowest BCUT2D eigenvalue weighted by Gasteiger charge is -1.93. The highest BCUT2D eigenvalue weighted by molar-refractivity contribution is 5.15. The van der Waals surface area contributed by atoms with Crippen molar-refractivity contribution in [3.05, 3.63) is 17.5 Å². The summed E-state index contributed by atoms with van der Waals surface area (Å²) in [5.41, 5.74) is 2.31. The molecule has 0 aliphatic carbocycles. The summed E-state index contributed by atoms with van der Waals surface area (Å²) in [6, 6.07) is 0. The van der Waals surface area contributed by atoms with Gasteiger partial charge in [-0.25, -0.2) is 0 Å². The first kappa shape index (κ1) is 9.82. The van der Waals surface area contributed by atoms with Crippen molar-refractivity contribution in [3.8, 4) is 11.8 Å². The van der Waals surface area contributed by atoms with E-state index < -0.39 is 0 Å². The van der Waals surface area contributed by atoms with Gasteiger partial charge in [0.1, 0.15) is 6.54 Å². The summed E-state index contributed by atoms with van der Waals surface area (Å²) in [6.07, 6.45) is 2.04. The van der Waals surface area contributed by atoms with Crippen LogP contribution in [-0.2, 0) is 13.1 Å². The molecule has 1 rings (SSSR count). The Morgan fingerprint density at radius 3 is 3.00 bits per heavy atom. The third-order valence-electron chi connectivity index (χ3n) is 1.83. The van der Waals surface area contributed by atoms with Gasteiger partial charge in [0.15, 0.2) is 0 Å². The Hall–Kier alpha value is -1.27. The summed E-state index contributed by atoms with van der Waals surface area (Å²) in [5.74, 6) is 5.83. The third kappa shape index (κ3) is 2.60. The number of aryl methyl sites for hydroxylation is 1. The normalized spacial score (nSPS) is 9.46. The van der Waals surface area contributed by atoms with Gasteiger partial charge < -0.3 is 5.32 Å². The lowest BCUT2D eigenvalue weighted by Crippen LogP contribution is -2.05. The van der Waals surface area contributed by atoms with Crippen LogP contribution in [-0.4, -0.2) is 16.8 Å². The third-order valence-corrected chi connectivity index (χ3v) is 1.83. The molecule has 0 saturated heterocycles. The molecular formula is C10H15N3. The minimum atomic E-state index is 0.682. The zero-order valence-corrected chi connectivity index (χ0v) is 8.39. The van der Waals surface area contributed by atoms with Crippen LogP contribution in [0.3, 0.4) is 0 Å². The molecule has 1 aromatic rings. The van der Waals surface area contributed by atoms with Crippen molar-refractivity contribution in [3.63, 3.8) is 0 Å². The van der Waals surface area contributed by atoms with E-state index in [1.807, 2.05) is 31.8 Å². The lowest BCUT2D eigenvalue weighted by molar-refractivity contribution is 0.706. The standard InChI is InChI=1S/C10H15N3/c1-4-5-6-13-8-10(7-11-3)9(2)12-13/h8,11H,6-7H2,1-3H3. The van der Waals surface area contributed by atoms with Gasteiger partial charge in [-0.2, -0.15) is 5.10 Å². The Bertz CT molecular complexity index is 328. The summed E-state index contributed by atoms with van der Waals surface area (Å²) < 4.78 is 1.87. The second kappa shape index (κ2) is 4.68. The maximum absolute atomic E-state index is 4.34. The maximum Gasteiger partial charge on any atom is 0.102 e. The Kier molecular flexibility index (Phi) is 3.53. The van der Waals surface area contributed by atoms with Crippen molar-refractivity contribution in [2.24, 2.45) is 0 Å². The van der Waals surface area contributed by atoms with Crippen molar-refractivity contribution in [1.29, 1.82) is 0 Å². The van der Waals surface area contributed by atoms with E-state index in [9.17, 15) is 0 Å². The molecule has 0 bridgehead atoms. The van der Waals surface area contributed by atoms with Crippen molar-refractivity contribution >= 4 is 0 Å². The number of aromatic nitrogens is 2. The van der Waals surface area contributed by atoms with Crippen molar-refractivity contribution in [2.75, 3.05) is 7.05 Å². The van der Waals surface area contributed by atoms with Crippen molar-refractivity contribution < 1.29 is 0 Å². The summed E-state index contributed by atoms with van der Waals surface area (Å²) in [4.78, 5) is 0. The summed E-state index contributed by atoms with van der Waals surface area (Å²) >= 11 is 0. The predicted octanol–water partition coefficient (Wildman–Crippen LogP) is 0.934. The quantitative estimate of drug-likeness (QED) is 0.696. The molecule has 1 N–H and O–H groups in total. The summed E-state index contributed by atoms with van der Waals surface area (Å²) in [5, 5.41) is 7.45. The number of hydrogen-bond donors (Lipinski definition) is 1. The molecule has 0 saturated carbocycles. The molecule has 0 aliphatic heterocycles. The zero-order chi connectivity index (χ0) is 9.68. The van der Waals surface area contributed by atoms with Gasteiger partial charge in [-0.3, -0.25) is 4.68 Å². The second-order valence-electron chi connectivity index (χ2n) is 2.89. The topological polar surface area (TPSA) is 29.9 Å². The number of hydrogen-bond acceptors (Lipinski definition) is 2. The Morgan fingerprint density at radius 1 is 1.62 bits per heavy atom. The van der Waals surface area contributed by atoms with Gasteiger partial charge in [0, 0.05) is 18.3 Å². The highest BCUT2D eigenvalue weighted by Crippen LogP contribution is 2.04.